The highest BCUT2D eigenvalue weighted by molar-refractivity contribution is 9.10. The zero-order valence-electron chi connectivity index (χ0n) is 18.3. The first-order chi connectivity index (χ1) is 16.5. The van der Waals surface area contributed by atoms with Crippen molar-refractivity contribution in [3.63, 3.8) is 0 Å². The van der Waals surface area contributed by atoms with Crippen molar-refractivity contribution in [2.24, 2.45) is 0 Å². The summed E-state index contributed by atoms with van der Waals surface area (Å²) in [6, 6.07) is 20.4. The summed E-state index contributed by atoms with van der Waals surface area (Å²) < 4.78 is 12.3. The smallest absolute Gasteiger partial charge is 0.335 e. The molecule has 1 fully saturated rings. The second-order valence-corrected chi connectivity index (χ2v) is 8.16. The number of carbonyl (C=O) groups excluding carboxylic acids is 3. The summed E-state index contributed by atoms with van der Waals surface area (Å²) in [6.45, 7) is 2.64. The Balaban J connectivity index is 1.62. The van der Waals surface area contributed by atoms with E-state index in [1.165, 1.54) is 6.08 Å². The van der Waals surface area contributed by atoms with Crippen LogP contribution in [0.2, 0.25) is 0 Å². The summed E-state index contributed by atoms with van der Waals surface area (Å²) in [6.07, 6.45) is 1.43. The Labute approximate surface area is 205 Å². The molecule has 3 aromatic carbocycles. The Hall–Kier alpha value is -3.91. The fraction of sp³-hybridized carbons (Fsp3) is 0.115. The molecule has 1 saturated heterocycles. The zero-order chi connectivity index (χ0) is 24.1. The first kappa shape index (κ1) is 23.3. The van der Waals surface area contributed by atoms with Gasteiger partial charge in [0.15, 0.2) is 0 Å². The van der Waals surface area contributed by atoms with Crippen LogP contribution in [0, 0.1) is 0 Å². The summed E-state index contributed by atoms with van der Waals surface area (Å²) in [5.41, 5.74) is 1.63. The van der Waals surface area contributed by atoms with E-state index in [2.05, 4.69) is 21.2 Å². The highest BCUT2D eigenvalue weighted by Crippen LogP contribution is 2.27. The van der Waals surface area contributed by atoms with E-state index in [9.17, 15) is 14.4 Å². The number of hydrogen-bond acceptors (Lipinski definition) is 5. The lowest BCUT2D eigenvalue weighted by molar-refractivity contribution is -0.122. The van der Waals surface area contributed by atoms with Crippen molar-refractivity contribution in [2.75, 3.05) is 11.5 Å². The first-order valence-electron chi connectivity index (χ1n) is 10.6. The molecule has 0 atom stereocenters. The molecule has 0 aliphatic carbocycles. The van der Waals surface area contributed by atoms with Crippen molar-refractivity contribution in [3.05, 3.63) is 94.0 Å². The quantitative estimate of drug-likeness (QED) is 0.346. The predicted molar refractivity (Wildman–Crippen MR) is 132 cm³/mol. The first-order valence-corrected chi connectivity index (χ1v) is 11.4. The number of barbiturate groups is 1. The molecule has 1 aliphatic heterocycles. The van der Waals surface area contributed by atoms with E-state index in [1.54, 1.807) is 48.5 Å². The number of amides is 4. The normalized spacial score (nSPS) is 14.8. The lowest BCUT2D eigenvalue weighted by Gasteiger charge is -2.26. The van der Waals surface area contributed by atoms with E-state index in [1.807, 2.05) is 31.2 Å². The van der Waals surface area contributed by atoms with E-state index in [4.69, 9.17) is 9.47 Å². The van der Waals surface area contributed by atoms with Crippen LogP contribution in [0.1, 0.15) is 18.1 Å². The molecule has 0 bridgehead atoms. The Morgan fingerprint density at radius 2 is 1.62 bits per heavy atom. The lowest BCUT2D eigenvalue weighted by atomic mass is 10.1. The molecule has 34 heavy (non-hydrogen) atoms. The number of anilines is 1. The third kappa shape index (κ3) is 5.02. The number of ether oxygens (including phenoxy) is 2. The van der Waals surface area contributed by atoms with Crippen molar-refractivity contribution in [1.29, 1.82) is 0 Å². The molecular weight excluding hydrogens is 500 g/mol. The standard InChI is InChI=1S/C26H21BrN2O5/c1-2-33-20-13-11-19(12-14-20)29-25(31)21(24(30)28-26(29)32)15-17-7-4-6-10-23(17)34-16-18-8-3-5-9-22(18)27/h3-15H,2,16H2,1H3,(H,28,30,32)/b21-15+. The average molecular weight is 521 g/mol. The van der Waals surface area contributed by atoms with E-state index in [0.29, 0.717) is 36.0 Å². The minimum Gasteiger partial charge on any atom is -0.494 e. The lowest BCUT2D eigenvalue weighted by Crippen LogP contribution is -2.54. The molecule has 172 valence electrons. The van der Waals surface area contributed by atoms with Gasteiger partial charge in [-0.25, -0.2) is 9.69 Å². The highest BCUT2D eigenvalue weighted by atomic mass is 79.9. The summed E-state index contributed by atoms with van der Waals surface area (Å²) >= 11 is 3.50. The van der Waals surface area contributed by atoms with Crippen LogP contribution in [0.3, 0.4) is 0 Å². The van der Waals surface area contributed by atoms with Gasteiger partial charge in [-0.05, 0) is 49.4 Å². The predicted octanol–water partition coefficient (Wildman–Crippen LogP) is 5.09. The van der Waals surface area contributed by atoms with Crippen LogP contribution in [0.15, 0.2) is 82.8 Å². The van der Waals surface area contributed by atoms with Gasteiger partial charge in [-0.1, -0.05) is 52.3 Å². The van der Waals surface area contributed by atoms with Crippen LogP contribution in [0.5, 0.6) is 11.5 Å². The molecule has 1 aliphatic rings. The summed E-state index contributed by atoms with van der Waals surface area (Å²) in [5.74, 6) is -0.383. The molecule has 1 heterocycles. The molecule has 4 rings (SSSR count). The van der Waals surface area contributed by atoms with E-state index in [-0.39, 0.29) is 5.57 Å². The average Bonchev–Trinajstić information content (AvgIpc) is 2.83. The van der Waals surface area contributed by atoms with E-state index < -0.39 is 17.8 Å². The Bertz CT molecular complexity index is 1270. The molecule has 7 nitrogen and oxygen atoms in total. The molecule has 0 unspecified atom stereocenters. The Kier molecular flexibility index (Phi) is 7.08. The van der Waals surface area contributed by atoms with Gasteiger partial charge in [0.2, 0.25) is 0 Å². The molecule has 3 aromatic rings. The van der Waals surface area contributed by atoms with Crippen LogP contribution in [-0.4, -0.2) is 24.5 Å². The number of urea groups is 1. The van der Waals surface area contributed by atoms with Gasteiger partial charge in [-0.15, -0.1) is 0 Å². The number of nitrogens with one attached hydrogen (secondary N) is 1. The van der Waals surface area contributed by atoms with Crippen molar-refractivity contribution in [1.82, 2.24) is 5.32 Å². The van der Waals surface area contributed by atoms with Gasteiger partial charge >= 0.3 is 6.03 Å². The number of benzene rings is 3. The number of nitrogens with zero attached hydrogens (tertiary/aromatic N) is 1. The monoisotopic (exact) mass is 520 g/mol. The summed E-state index contributed by atoms with van der Waals surface area (Å²) in [7, 11) is 0. The van der Waals surface area contributed by atoms with Gasteiger partial charge in [0.25, 0.3) is 11.8 Å². The van der Waals surface area contributed by atoms with Gasteiger partial charge < -0.3 is 9.47 Å². The third-order valence-electron chi connectivity index (χ3n) is 5.07. The number of carbonyl (C=O) groups is 3. The number of halogens is 1. The van der Waals surface area contributed by atoms with Crippen LogP contribution in [0.25, 0.3) is 6.08 Å². The van der Waals surface area contributed by atoms with Crippen molar-refractivity contribution < 1.29 is 23.9 Å². The number of imide groups is 2. The summed E-state index contributed by atoms with van der Waals surface area (Å²) in [5, 5.41) is 2.23. The maximum absolute atomic E-state index is 13.2. The van der Waals surface area contributed by atoms with Crippen LogP contribution < -0.4 is 19.7 Å². The molecule has 0 aromatic heterocycles. The van der Waals surface area contributed by atoms with Crippen LogP contribution >= 0.6 is 15.9 Å². The Morgan fingerprint density at radius 1 is 0.912 bits per heavy atom. The fourth-order valence-corrected chi connectivity index (χ4v) is 3.81. The maximum atomic E-state index is 13.2. The Morgan fingerprint density at radius 3 is 2.35 bits per heavy atom. The second kappa shape index (κ2) is 10.4. The van der Waals surface area contributed by atoms with Gasteiger partial charge in [0.05, 0.1) is 12.3 Å². The van der Waals surface area contributed by atoms with Crippen LogP contribution in [-0.2, 0) is 16.2 Å². The largest absolute Gasteiger partial charge is 0.494 e. The van der Waals surface area contributed by atoms with Crippen molar-refractivity contribution in [2.45, 2.75) is 13.5 Å². The second-order valence-electron chi connectivity index (χ2n) is 7.30. The van der Waals surface area contributed by atoms with Gasteiger partial charge in [0.1, 0.15) is 23.7 Å². The topological polar surface area (TPSA) is 84.9 Å². The van der Waals surface area contributed by atoms with Gasteiger partial charge in [0, 0.05) is 15.6 Å². The van der Waals surface area contributed by atoms with E-state index >= 15 is 0 Å². The van der Waals surface area contributed by atoms with E-state index in [0.717, 1.165) is 14.9 Å². The number of hydrogen-bond donors (Lipinski definition) is 1. The number of rotatable bonds is 7. The molecule has 1 N–H and O–H groups in total. The molecule has 0 radical (unpaired) electrons. The van der Waals surface area contributed by atoms with Crippen molar-refractivity contribution in [3.8, 4) is 11.5 Å². The molecule has 8 heteroatoms. The van der Waals surface area contributed by atoms with Crippen molar-refractivity contribution >= 4 is 45.5 Å². The minimum atomic E-state index is -0.810. The molecule has 4 amide bonds. The summed E-state index contributed by atoms with van der Waals surface area (Å²) in [4.78, 5) is 39.1. The third-order valence-corrected chi connectivity index (χ3v) is 5.84. The fourth-order valence-electron chi connectivity index (χ4n) is 3.41. The van der Waals surface area contributed by atoms with Gasteiger partial charge in [-0.2, -0.15) is 0 Å². The molecule has 0 spiro atoms. The van der Waals surface area contributed by atoms with Gasteiger partial charge in [-0.3, -0.25) is 14.9 Å². The highest BCUT2D eigenvalue weighted by Gasteiger charge is 2.37. The zero-order valence-corrected chi connectivity index (χ0v) is 19.9. The number of para-hydroxylation sites is 1. The molecular formula is C26H21BrN2O5. The van der Waals surface area contributed by atoms with Crippen LogP contribution in [0.4, 0.5) is 10.5 Å². The molecule has 0 saturated carbocycles. The maximum Gasteiger partial charge on any atom is 0.335 e. The minimum absolute atomic E-state index is 0.176. The SMILES string of the molecule is CCOc1ccc(N2C(=O)NC(=O)/C(=C\c3ccccc3OCc3ccccc3Br)C2=O)cc1.